The fourth-order valence-corrected chi connectivity index (χ4v) is 1.51. The Morgan fingerprint density at radius 3 is 2.92 bits per heavy atom. The Hall–Kier alpha value is -0.830. The molecule has 0 saturated heterocycles. The summed E-state index contributed by atoms with van der Waals surface area (Å²) in [7, 11) is 0. The van der Waals surface area contributed by atoms with Gasteiger partial charge in [0.1, 0.15) is 11.8 Å². The zero-order valence-corrected chi connectivity index (χ0v) is 8.98. The molecule has 66 valence electrons. The number of nitriles is 1. The summed E-state index contributed by atoms with van der Waals surface area (Å²) < 4.78 is 6.37. The van der Waals surface area contributed by atoms with Gasteiger partial charge in [-0.05, 0) is 41.5 Å². The van der Waals surface area contributed by atoms with Crippen LogP contribution in [0.3, 0.4) is 0 Å². The number of rotatable bonds is 2. The summed E-state index contributed by atoms with van der Waals surface area (Å²) in [6.45, 7) is 0. The first-order chi connectivity index (χ1) is 6.29. The molecule has 13 heavy (non-hydrogen) atoms. The number of ether oxygens (including phenoxy) is 1. The Kier molecular flexibility index (Phi) is 2.36. The average Bonchev–Trinajstić information content (AvgIpc) is 2.89. The van der Waals surface area contributed by atoms with Crippen molar-refractivity contribution in [3.8, 4) is 11.8 Å². The van der Waals surface area contributed by atoms with Crippen molar-refractivity contribution in [1.29, 1.82) is 5.26 Å². The maximum absolute atomic E-state index is 8.65. The van der Waals surface area contributed by atoms with E-state index in [0.29, 0.717) is 11.8 Å². The van der Waals surface area contributed by atoms with Crippen LogP contribution in [-0.2, 0) is 0 Å². The molecule has 0 bridgehead atoms. The largest absolute Gasteiger partial charge is 0.489 e. The van der Waals surface area contributed by atoms with Gasteiger partial charge < -0.3 is 4.74 Å². The van der Waals surface area contributed by atoms with Gasteiger partial charge in [0.2, 0.25) is 0 Å². The first-order valence-electron chi connectivity index (χ1n) is 4.02. The smallest absolute Gasteiger partial charge is 0.154 e. The van der Waals surface area contributed by atoms with E-state index in [1.165, 1.54) is 0 Å². The van der Waals surface area contributed by atoms with E-state index in [4.69, 9.17) is 10.00 Å². The molecule has 1 aromatic heterocycles. The minimum absolute atomic E-state index is 0.380. The molecule has 1 fully saturated rings. The third-order valence-electron chi connectivity index (χ3n) is 1.75. The third-order valence-corrected chi connectivity index (χ3v) is 2.57. The summed E-state index contributed by atoms with van der Waals surface area (Å²) >= 11 is 2.09. The van der Waals surface area contributed by atoms with Crippen LogP contribution in [0.4, 0.5) is 0 Å². The van der Waals surface area contributed by atoms with Gasteiger partial charge in [0.15, 0.2) is 5.69 Å². The van der Waals surface area contributed by atoms with E-state index in [2.05, 4.69) is 27.6 Å². The molecule has 1 aromatic rings. The lowest BCUT2D eigenvalue weighted by Crippen LogP contribution is -1.98. The Morgan fingerprint density at radius 2 is 2.38 bits per heavy atom. The van der Waals surface area contributed by atoms with E-state index < -0.39 is 0 Å². The maximum Gasteiger partial charge on any atom is 0.154 e. The van der Waals surface area contributed by atoms with Crippen molar-refractivity contribution in [2.75, 3.05) is 0 Å². The molecule has 1 aliphatic rings. The van der Waals surface area contributed by atoms with Crippen LogP contribution in [0.2, 0.25) is 0 Å². The van der Waals surface area contributed by atoms with E-state index in [0.717, 1.165) is 22.2 Å². The second-order valence-corrected chi connectivity index (χ2v) is 4.09. The number of hydrogen-bond acceptors (Lipinski definition) is 3. The van der Waals surface area contributed by atoms with Crippen LogP contribution in [0.25, 0.3) is 0 Å². The van der Waals surface area contributed by atoms with Gasteiger partial charge in [0.05, 0.1) is 15.9 Å². The first-order valence-corrected chi connectivity index (χ1v) is 5.10. The molecule has 4 heteroatoms. The van der Waals surface area contributed by atoms with Crippen LogP contribution in [0.15, 0.2) is 12.3 Å². The predicted molar refractivity (Wildman–Crippen MR) is 55.3 cm³/mol. The molecule has 0 aromatic carbocycles. The highest BCUT2D eigenvalue weighted by Gasteiger charge is 2.23. The lowest BCUT2D eigenvalue weighted by molar-refractivity contribution is 0.301. The van der Waals surface area contributed by atoms with Crippen LogP contribution in [-0.4, -0.2) is 11.1 Å². The molecule has 1 heterocycles. The normalized spacial score (nSPS) is 15.1. The number of aromatic nitrogens is 1. The van der Waals surface area contributed by atoms with E-state index in [1.807, 2.05) is 12.1 Å². The lowest BCUT2D eigenvalue weighted by Gasteiger charge is -2.03. The van der Waals surface area contributed by atoms with Gasteiger partial charge >= 0.3 is 0 Å². The van der Waals surface area contributed by atoms with Gasteiger partial charge in [-0.25, -0.2) is 4.98 Å². The monoisotopic (exact) mass is 286 g/mol. The van der Waals surface area contributed by atoms with Crippen molar-refractivity contribution in [3.63, 3.8) is 0 Å². The quantitative estimate of drug-likeness (QED) is 0.782. The molecule has 1 saturated carbocycles. The summed E-state index contributed by atoms with van der Waals surface area (Å²) in [6, 6.07) is 3.87. The zero-order valence-electron chi connectivity index (χ0n) is 6.83. The molecular weight excluding hydrogens is 279 g/mol. The van der Waals surface area contributed by atoms with Crippen molar-refractivity contribution in [2.24, 2.45) is 0 Å². The van der Waals surface area contributed by atoms with Crippen molar-refractivity contribution in [1.82, 2.24) is 4.98 Å². The summed E-state index contributed by atoms with van der Waals surface area (Å²) in [4.78, 5) is 3.98. The molecule has 0 aliphatic heterocycles. The second kappa shape index (κ2) is 3.50. The van der Waals surface area contributed by atoms with Crippen molar-refractivity contribution in [2.45, 2.75) is 18.9 Å². The predicted octanol–water partition coefficient (Wildman–Crippen LogP) is 2.10. The molecule has 0 unspecified atom stereocenters. The van der Waals surface area contributed by atoms with Crippen LogP contribution >= 0.6 is 22.6 Å². The highest BCUT2D eigenvalue weighted by molar-refractivity contribution is 14.1. The van der Waals surface area contributed by atoms with Gasteiger partial charge in [-0.2, -0.15) is 5.26 Å². The SMILES string of the molecule is N#Cc1ncc(OC2CC2)cc1I. The standard InChI is InChI=1S/C9H7IN2O/c10-8-3-7(13-6-1-2-6)5-12-9(8)4-11/h3,5-6H,1-2H2. The van der Waals surface area contributed by atoms with Crippen molar-refractivity contribution < 1.29 is 4.74 Å². The average molecular weight is 286 g/mol. The molecule has 1 aliphatic carbocycles. The van der Waals surface area contributed by atoms with E-state index >= 15 is 0 Å². The lowest BCUT2D eigenvalue weighted by atomic mass is 10.4. The molecule has 0 radical (unpaired) electrons. The molecule has 0 N–H and O–H groups in total. The van der Waals surface area contributed by atoms with Crippen LogP contribution in [0.1, 0.15) is 18.5 Å². The van der Waals surface area contributed by atoms with E-state index in [9.17, 15) is 0 Å². The number of pyridine rings is 1. The molecular formula is C9H7IN2O. The summed E-state index contributed by atoms with van der Waals surface area (Å²) in [5.74, 6) is 0.769. The zero-order chi connectivity index (χ0) is 9.26. The molecule has 0 atom stereocenters. The Morgan fingerprint density at radius 1 is 1.62 bits per heavy atom. The van der Waals surface area contributed by atoms with Crippen LogP contribution < -0.4 is 4.74 Å². The second-order valence-electron chi connectivity index (χ2n) is 2.93. The van der Waals surface area contributed by atoms with E-state index in [1.54, 1.807) is 6.20 Å². The van der Waals surface area contributed by atoms with Gasteiger partial charge in [-0.3, -0.25) is 0 Å². The van der Waals surface area contributed by atoms with Crippen molar-refractivity contribution in [3.05, 3.63) is 21.5 Å². The molecule has 0 amide bonds. The highest BCUT2D eigenvalue weighted by atomic mass is 127. The summed E-state index contributed by atoms with van der Waals surface area (Å²) in [5, 5.41) is 8.65. The van der Waals surface area contributed by atoms with Crippen molar-refractivity contribution >= 4 is 22.6 Å². The van der Waals surface area contributed by atoms with Crippen LogP contribution in [0.5, 0.6) is 5.75 Å². The highest BCUT2D eigenvalue weighted by Crippen LogP contribution is 2.27. The third kappa shape index (κ3) is 2.10. The first kappa shape index (κ1) is 8.75. The fraction of sp³-hybridized carbons (Fsp3) is 0.333. The number of nitrogens with zero attached hydrogens (tertiary/aromatic N) is 2. The molecule has 2 rings (SSSR count). The maximum atomic E-state index is 8.65. The summed E-state index contributed by atoms with van der Waals surface area (Å²) in [6.07, 6.45) is 4.26. The Balaban J connectivity index is 2.19. The topological polar surface area (TPSA) is 45.9 Å². The summed E-state index contributed by atoms with van der Waals surface area (Å²) in [5.41, 5.74) is 0.462. The van der Waals surface area contributed by atoms with Crippen LogP contribution in [0, 0.1) is 14.9 Å². The van der Waals surface area contributed by atoms with Gasteiger partial charge in [-0.1, -0.05) is 0 Å². The van der Waals surface area contributed by atoms with Gasteiger partial charge in [0.25, 0.3) is 0 Å². The van der Waals surface area contributed by atoms with Gasteiger partial charge in [0, 0.05) is 0 Å². The molecule has 3 nitrogen and oxygen atoms in total. The number of hydrogen-bond donors (Lipinski definition) is 0. The Labute approximate surface area is 89.9 Å². The fourth-order valence-electron chi connectivity index (χ4n) is 0.945. The van der Waals surface area contributed by atoms with Gasteiger partial charge in [-0.15, -0.1) is 0 Å². The minimum Gasteiger partial charge on any atom is -0.489 e. The minimum atomic E-state index is 0.380. The molecule has 0 spiro atoms. The van der Waals surface area contributed by atoms with E-state index in [-0.39, 0.29) is 0 Å². The number of halogens is 1. The Bertz CT molecular complexity index is 368.